The molecule has 1 fully saturated rings. The van der Waals surface area contributed by atoms with E-state index in [1.165, 1.54) is 6.20 Å². The van der Waals surface area contributed by atoms with Crippen LogP contribution in [0.3, 0.4) is 0 Å². The van der Waals surface area contributed by atoms with E-state index in [-0.39, 0.29) is 17.5 Å². The van der Waals surface area contributed by atoms with Crippen molar-refractivity contribution in [3.05, 3.63) is 54.1 Å². The van der Waals surface area contributed by atoms with Gasteiger partial charge < -0.3 is 25.0 Å². The summed E-state index contributed by atoms with van der Waals surface area (Å²) in [6.07, 6.45) is 2.61. The fourth-order valence-corrected chi connectivity index (χ4v) is 3.58. The lowest BCUT2D eigenvalue weighted by molar-refractivity contribution is 0.0735. The van der Waals surface area contributed by atoms with Crippen LogP contribution in [0.15, 0.2) is 42.7 Å². The summed E-state index contributed by atoms with van der Waals surface area (Å²) in [5.41, 5.74) is 1.18. The minimum absolute atomic E-state index is 0.0514. The molecule has 0 radical (unpaired) electrons. The maximum absolute atomic E-state index is 14.5. The van der Waals surface area contributed by atoms with Crippen molar-refractivity contribution in [2.24, 2.45) is 0 Å². The lowest BCUT2D eigenvalue weighted by Crippen LogP contribution is -2.46. The highest BCUT2D eigenvalue weighted by atomic mass is 19.1. The molecule has 4 heterocycles. The van der Waals surface area contributed by atoms with E-state index in [1.54, 1.807) is 35.2 Å². The Balaban J connectivity index is 1.33. The first-order valence-electron chi connectivity index (χ1n) is 10.3. The zero-order valence-corrected chi connectivity index (χ0v) is 17.2. The molecular weight excluding hydrogens is 415 g/mol. The molecular formula is C22H21FN6O3. The van der Waals surface area contributed by atoms with Crippen LogP contribution >= 0.6 is 0 Å². The standard InChI is InChI=1S/C22H21FN6O3/c23-16-13-26-22(28-20(16)14-1-3-17-18(11-14)32-10-9-31-17)27-19-4-2-15(12-25-19)21(30)29-7-5-24-6-8-29/h1-4,11-13,24H,5-10H2,(H,25,26,27,28). The van der Waals surface area contributed by atoms with Crippen LogP contribution in [0.1, 0.15) is 10.4 Å². The third-order valence-corrected chi connectivity index (χ3v) is 5.21. The number of rotatable bonds is 4. The first-order valence-corrected chi connectivity index (χ1v) is 10.3. The van der Waals surface area contributed by atoms with E-state index < -0.39 is 5.82 Å². The summed E-state index contributed by atoms with van der Waals surface area (Å²) in [6.45, 7) is 3.83. The number of nitrogens with zero attached hydrogens (tertiary/aromatic N) is 4. The summed E-state index contributed by atoms with van der Waals surface area (Å²) >= 11 is 0. The lowest BCUT2D eigenvalue weighted by atomic mass is 10.1. The second kappa shape index (κ2) is 8.75. The predicted octanol–water partition coefficient (Wildman–Crippen LogP) is 2.24. The van der Waals surface area contributed by atoms with Gasteiger partial charge in [-0.05, 0) is 30.3 Å². The van der Waals surface area contributed by atoms with Crippen molar-refractivity contribution >= 4 is 17.7 Å². The smallest absolute Gasteiger partial charge is 0.255 e. The van der Waals surface area contributed by atoms with Gasteiger partial charge in [-0.25, -0.2) is 19.3 Å². The van der Waals surface area contributed by atoms with E-state index in [4.69, 9.17) is 9.47 Å². The summed E-state index contributed by atoms with van der Waals surface area (Å²) in [5, 5.41) is 6.18. The molecule has 1 amide bonds. The van der Waals surface area contributed by atoms with E-state index in [2.05, 4.69) is 25.6 Å². The molecule has 5 rings (SSSR count). The van der Waals surface area contributed by atoms with Crippen LogP contribution in [0.2, 0.25) is 0 Å². The number of fused-ring (bicyclic) bond motifs is 1. The molecule has 164 valence electrons. The Kier molecular flexibility index (Phi) is 5.51. The van der Waals surface area contributed by atoms with Crippen molar-refractivity contribution in [1.82, 2.24) is 25.2 Å². The second-order valence-electron chi connectivity index (χ2n) is 7.35. The fraction of sp³-hybridized carbons (Fsp3) is 0.273. The molecule has 1 aromatic carbocycles. The van der Waals surface area contributed by atoms with Gasteiger partial charge in [-0.1, -0.05) is 0 Å². The monoisotopic (exact) mass is 436 g/mol. The number of nitrogens with one attached hydrogen (secondary N) is 2. The van der Waals surface area contributed by atoms with Crippen molar-refractivity contribution in [2.45, 2.75) is 0 Å². The molecule has 0 saturated carbocycles. The van der Waals surface area contributed by atoms with Gasteiger partial charge in [0.25, 0.3) is 5.91 Å². The molecule has 2 aromatic heterocycles. The van der Waals surface area contributed by atoms with Crippen molar-refractivity contribution in [3.63, 3.8) is 0 Å². The number of halogens is 1. The van der Waals surface area contributed by atoms with Crippen LogP contribution in [0.4, 0.5) is 16.2 Å². The Hall–Kier alpha value is -3.79. The quantitative estimate of drug-likeness (QED) is 0.642. The molecule has 2 aliphatic heterocycles. The van der Waals surface area contributed by atoms with Gasteiger partial charge in [0.15, 0.2) is 17.3 Å². The van der Waals surface area contributed by atoms with Gasteiger partial charge in [-0.15, -0.1) is 0 Å². The maximum atomic E-state index is 14.5. The third kappa shape index (κ3) is 4.17. The third-order valence-electron chi connectivity index (χ3n) is 5.21. The number of pyridine rings is 1. The summed E-state index contributed by atoms with van der Waals surface area (Å²) in [6, 6.07) is 8.51. The highest BCUT2D eigenvalue weighted by molar-refractivity contribution is 5.94. The van der Waals surface area contributed by atoms with Gasteiger partial charge in [-0.2, -0.15) is 0 Å². The number of aromatic nitrogens is 3. The molecule has 10 heteroatoms. The number of carbonyl (C=O) groups is 1. The molecule has 0 atom stereocenters. The van der Waals surface area contributed by atoms with Crippen molar-refractivity contribution < 1.29 is 18.7 Å². The molecule has 0 spiro atoms. The van der Waals surface area contributed by atoms with Gasteiger partial charge >= 0.3 is 0 Å². The molecule has 3 aromatic rings. The Morgan fingerprint density at radius 1 is 1.03 bits per heavy atom. The summed E-state index contributed by atoms with van der Waals surface area (Å²) in [7, 11) is 0. The van der Waals surface area contributed by atoms with Gasteiger partial charge in [-0.3, -0.25) is 4.79 Å². The average molecular weight is 436 g/mol. The van der Waals surface area contributed by atoms with Crippen molar-refractivity contribution in [2.75, 3.05) is 44.7 Å². The molecule has 0 unspecified atom stereocenters. The number of ether oxygens (including phenoxy) is 2. The Labute approximate surface area is 183 Å². The number of carbonyl (C=O) groups excluding carboxylic acids is 1. The van der Waals surface area contributed by atoms with E-state index >= 15 is 0 Å². The molecule has 1 saturated heterocycles. The minimum atomic E-state index is -0.558. The van der Waals surface area contributed by atoms with Crippen LogP contribution < -0.4 is 20.1 Å². The van der Waals surface area contributed by atoms with Crippen LogP contribution in [-0.4, -0.2) is 65.2 Å². The van der Waals surface area contributed by atoms with Crippen LogP contribution in [-0.2, 0) is 0 Å². The van der Waals surface area contributed by atoms with Gasteiger partial charge in [0.05, 0.1) is 11.8 Å². The zero-order chi connectivity index (χ0) is 21.9. The summed E-state index contributed by atoms with van der Waals surface area (Å²) < 4.78 is 25.5. The van der Waals surface area contributed by atoms with E-state index in [0.29, 0.717) is 54.7 Å². The van der Waals surface area contributed by atoms with Gasteiger partial charge in [0, 0.05) is 37.9 Å². The predicted molar refractivity (Wildman–Crippen MR) is 115 cm³/mol. The highest BCUT2D eigenvalue weighted by Crippen LogP contribution is 2.34. The van der Waals surface area contributed by atoms with Crippen LogP contribution in [0.5, 0.6) is 11.5 Å². The molecule has 0 bridgehead atoms. The molecule has 9 nitrogen and oxygen atoms in total. The molecule has 2 N–H and O–H groups in total. The van der Waals surface area contributed by atoms with Crippen molar-refractivity contribution in [3.8, 4) is 22.8 Å². The van der Waals surface area contributed by atoms with Gasteiger partial charge in [0.2, 0.25) is 5.95 Å². The second-order valence-corrected chi connectivity index (χ2v) is 7.35. The number of hydrogen-bond donors (Lipinski definition) is 2. The normalized spacial score (nSPS) is 15.3. The lowest BCUT2D eigenvalue weighted by Gasteiger charge is -2.27. The molecule has 2 aliphatic rings. The summed E-state index contributed by atoms with van der Waals surface area (Å²) in [4.78, 5) is 27.0. The van der Waals surface area contributed by atoms with Crippen LogP contribution in [0.25, 0.3) is 11.3 Å². The topological polar surface area (TPSA) is 102 Å². The Bertz CT molecular complexity index is 1140. The Morgan fingerprint density at radius 3 is 2.62 bits per heavy atom. The highest BCUT2D eigenvalue weighted by Gasteiger charge is 2.19. The van der Waals surface area contributed by atoms with E-state index in [0.717, 1.165) is 19.3 Å². The average Bonchev–Trinajstić information content (AvgIpc) is 2.85. The number of amides is 1. The molecule has 0 aliphatic carbocycles. The van der Waals surface area contributed by atoms with E-state index in [1.807, 2.05) is 0 Å². The van der Waals surface area contributed by atoms with Gasteiger partial charge in [0.1, 0.15) is 24.7 Å². The first kappa shape index (κ1) is 20.1. The zero-order valence-electron chi connectivity index (χ0n) is 17.2. The fourth-order valence-electron chi connectivity index (χ4n) is 3.58. The first-order chi connectivity index (χ1) is 15.7. The number of anilines is 2. The van der Waals surface area contributed by atoms with Crippen LogP contribution in [0, 0.1) is 5.82 Å². The minimum Gasteiger partial charge on any atom is -0.486 e. The number of hydrogen-bond acceptors (Lipinski definition) is 8. The maximum Gasteiger partial charge on any atom is 0.255 e. The van der Waals surface area contributed by atoms with Crippen molar-refractivity contribution in [1.29, 1.82) is 0 Å². The van der Waals surface area contributed by atoms with E-state index in [9.17, 15) is 9.18 Å². The largest absolute Gasteiger partial charge is 0.486 e. The number of piperazine rings is 1. The Morgan fingerprint density at radius 2 is 1.84 bits per heavy atom. The summed E-state index contributed by atoms with van der Waals surface area (Å²) in [5.74, 6) is 1.19. The SMILES string of the molecule is O=C(c1ccc(Nc2ncc(F)c(-c3ccc4c(c3)OCCO4)n2)nc1)N1CCNCC1. The molecule has 32 heavy (non-hydrogen) atoms. The number of benzene rings is 1.